The summed E-state index contributed by atoms with van der Waals surface area (Å²) in [5, 5.41) is 10.7. The first kappa shape index (κ1) is 18.9. The van der Waals surface area contributed by atoms with Crippen LogP contribution in [0.5, 0.6) is 11.5 Å². The van der Waals surface area contributed by atoms with Gasteiger partial charge in [-0.3, -0.25) is 9.89 Å². The molecule has 2 aromatic carbocycles. The maximum Gasteiger partial charge on any atom is 0.255 e. The number of amides is 1. The average Bonchev–Trinajstić information content (AvgIpc) is 3.43. The summed E-state index contributed by atoms with van der Waals surface area (Å²) < 4.78 is 10.5. The number of H-pyrrole nitrogens is 1. The lowest BCUT2D eigenvalue weighted by Gasteiger charge is -2.17. The van der Waals surface area contributed by atoms with E-state index in [0.29, 0.717) is 23.6 Å². The minimum Gasteiger partial charge on any atom is -0.497 e. The van der Waals surface area contributed by atoms with Crippen molar-refractivity contribution in [2.24, 2.45) is 0 Å². The Morgan fingerprint density at radius 3 is 2.72 bits per heavy atom. The first-order valence-electron chi connectivity index (χ1n) is 9.56. The van der Waals surface area contributed by atoms with E-state index in [1.807, 2.05) is 36.4 Å². The number of hydrogen-bond acceptors (Lipinski definition) is 5. The molecular formula is C22H24N4O3. The molecule has 4 rings (SSSR count). The summed E-state index contributed by atoms with van der Waals surface area (Å²) in [6, 6.07) is 17.4. The Labute approximate surface area is 169 Å². The van der Waals surface area contributed by atoms with Gasteiger partial charge in [-0.25, -0.2) is 0 Å². The highest BCUT2D eigenvalue weighted by Gasteiger charge is 2.27. The molecule has 7 heteroatoms. The van der Waals surface area contributed by atoms with Gasteiger partial charge in [0.2, 0.25) is 0 Å². The first-order chi connectivity index (χ1) is 14.2. The van der Waals surface area contributed by atoms with E-state index in [9.17, 15) is 4.79 Å². The highest BCUT2D eigenvalue weighted by atomic mass is 16.5. The molecule has 2 N–H and O–H groups in total. The van der Waals surface area contributed by atoms with Crippen molar-refractivity contribution in [2.45, 2.75) is 12.5 Å². The monoisotopic (exact) mass is 392 g/mol. The normalized spacial score (nSPS) is 15.9. The SMILES string of the molecule is COc1ccc(C(=O)N[C@@H]2CCN(c3cc(-c4ccccc4)[nH]n3)C2)c(OC)c1. The quantitative estimate of drug-likeness (QED) is 0.674. The number of carbonyl (C=O) groups is 1. The number of nitrogens with zero attached hydrogens (tertiary/aromatic N) is 2. The van der Waals surface area contributed by atoms with E-state index in [1.54, 1.807) is 32.4 Å². The van der Waals surface area contributed by atoms with E-state index < -0.39 is 0 Å². The third-order valence-electron chi connectivity index (χ3n) is 5.15. The molecule has 2 heterocycles. The summed E-state index contributed by atoms with van der Waals surface area (Å²) in [5.74, 6) is 1.89. The van der Waals surface area contributed by atoms with Gasteiger partial charge in [0.05, 0.1) is 25.5 Å². The third kappa shape index (κ3) is 4.03. The zero-order chi connectivity index (χ0) is 20.2. The summed E-state index contributed by atoms with van der Waals surface area (Å²) >= 11 is 0. The van der Waals surface area contributed by atoms with Gasteiger partial charge < -0.3 is 19.7 Å². The molecule has 0 saturated carbocycles. The zero-order valence-electron chi connectivity index (χ0n) is 16.5. The maximum atomic E-state index is 12.7. The van der Waals surface area contributed by atoms with Crippen molar-refractivity contribution < 1.29 is 14.3 Å². The van der Waals surface area contributed by atoms with Crippen molar-refractivity contribution in [3.05, 3.63) is 60.2 Å². The van der Waals surface area contributed by atoms with Crippen LogP contribution in [0.2, 0.25) is 0 Å². The number of anilines is 1. The van der Waals surface area contributed by atoms with Crippen molar-refractivity contribution >= 4 is 11.7 Å². The first-order valence-corrected chi connectivity index (χ1v) is 9.56. The van der Waals surface area contributed by atoms with Crippen LogP contribution in [0.15, 0.2) is 54.6 Å². The molecule has 0 aliphatic carbocycles. The molecule has 1 saturated heterocycles. The van der Waals surface area contributed by atoms with Gasteiger partial charge in [-0.15, -0.1) is 0 Å². The zero-order valence-corrected chi connectivity index (χ0v) is 16.5. The van der Waals surface area contributed by atoms with Crippen LogP contribution in [-0.2, 0) is 0 Å². The minimum atomic E-state index is -0.150. The summed E-state index contributed by atoms with van der Waals surface area (Å²) in [5.41, 5.74) is 2.58. The van der Waals surface area contributed by atoms with Gasteiger partial charge in [0, 0.05) is 31.3 Å². The predicted molar refractivity (Wildman–Crippen MR) is 112 cm³/mol. The number of aromatic nitrogens is 2. The van der Waals surface area contributed by atoms with Crippen LogP contribution >= 0.6 is 0 Å². The van der Waals surface area contributed by atoms with Crippen molar-refractivity contribution in [2.75, 3.05) is 32.2 Å². The fourth-order valence-corrected chi connectivity index (χ4v) is 3.57. The standard InChI is InChI=1S/C22H24N4O3/c1-28-17-8-9-18(20(12-17)29-2)22(27)23-16-10-11-26(14-16)21-13-19(24-25-21)15-6-4-3-5-7-15/h3-9,12-13,16H,10-11,14H2,1-2H3,(H,23,27)(H,24,25)/t16-/m1/s1. The lowest BCUT2D eigenvalue weighted by molar-refractivity contribution is 0.0937. The van der Waals surface area contributed by atoms with Crippen LogP contribution in [0.25, 0.3) is 11.3 Å². The highest BCUT2D eigenvalue weighted by Crippen LogP contribution is 2.26. The molecule has 7 nitrogen and oxygen atoms in total. The van der Waals surface area contributed by atoms with Gasteiger partial charge in [-0.05, 0) is 24.1 Å². The molecule has 1 aromatic heterocycles. The molecule has 0 unspecified atom stereocenters. The Morgan fingerprint density at radius 1 is 1.14 bits per heavy atom. The number of rotatable bonds is 6. The number of carbonyl (C=O) groups excluding carboxylic acids is 1. The molecule has 1 aliphatic heterocycles. The number of methoxy groups -OCH3 is 2. The van der Waals surface area contributed by atoms with Gasteiger partial charge >= 0.3 is 0 Å². The van der Waals surface area contributed by atoms with Crippen molar-refractivity contribution in [3.63, 3.8) is 0 Å². The molecule has 1 atom stereocenters. The molecule has 29 heavy (non-hydrogen) atoms. The van der Waals surface area contributed by atoms with Gasteiger partial charge in [0.25, 0.3) is 5.91 Å². The molecule has 0 bridgehead atoms. The minimum absolute atomic E-state index is 0.0474. The topological polar surface area (TPSA) is 79.5 Å². The van der Waals surface area contributed by atoms with Crippen molar-refractivity contribution in [3.8, 4) is 22.8 Å². The molecule has 0 spiro atoms. The molecule has 1 amide bonds. The van der Waals surface area contributed by atoms with E-state index in [0.717, 1.165) is 30.0 Å². The van der Waals surface area contributed by atoms with Crippen molar-refractivity contribution in [1.29, 1.82) is 0 Å². The number of aromatic amines is 1. The number of nitrogens with one attached hydrogen (secondary N) is 2. The van der Waals surface area contributed by atoms with E-state index in [2.05, 4.69) is 20.4 Å². The molecule has 1 fully saturated rings. The summed E-state index contributed by atoms with van der Waals surface area (Å²) in [6.45, 7) is 1.55. The fraction of sp³-hybridized carbons (Fsp3) is 0.273. The number of ether oxygens (including phenoxy) is 2. The highest BCUT2D eigenvalue weighted by molar-refractivity contribution is 5.97. The molecule has 150 valence electrons. The Balaban J connectivity index is 1.41. The lowest BCUT2D eigenvalue weighted by atomic mass is 10.1. The fourth-order valence-electron chi connectivity index (χ4n) is 3.57. The van der Waals surface area contributed by atoms with Crippen LogP contribution in [0.1, 0.15) is 16.8 Å². The average molecular weight is 392 g/mol. The molecule has 3 aromatic rings. The van der Waals surface area contributed by atoms with E-state index >= 15 is 0 Å². The van der Waals surface area contributed by atoms with Gasteiger partial charge in [0.15, 0.2) is 5.82 Å². The number of hydrogen-bond donors (Lipinski definition) is 2. The van der Waals surface area contributed by atoms with E-state index in [1.165, 1.54) is 0 Å². The van der Waals surface area contributed by atoms with E-state index in [4.69, 9.17) is 9.47 Å². The Hall–Kier alpha value is -3.48. The van der Waals surface area contributed by atoms with Crippen LogP contribution in [-0.4, -0.2) is 49.5 Å². The second-order valence-electron chi connectivity index (χ2n) is 6.98. The largest absolute Gasteiger partial charge is 0.497 e. The predicted octanol–water partition coefficient (Wildman–Crippen LogP) is 3.10. The smallest absolute Gasteiger partial charge is 0.255 e. The maximum absolute atomic E-state index is 12.7. The Morgan fingerprint density at radius 2 is 1.97 bits per heavy atom. The lowest BCUT2D eigenvalue weighted by Crippen LogP contribution is -2.37. The molecule has 0 radical (unpaired) electrons. The number of benzene rings is 2. The summed E-state index contributed by atoms with van der Waals surface area (Å²) in [6.07, 6.45) is 0.859. The van der Waals surface area contributed by atoms with Crippen LogP contribution in [0, 0.1) is 0 Å². The van der Waals surface area contributed by atoms with Crippen LogP contribution < -0.4 is 19.7 Å². The third-order valence-corrected chi connectivity index (χ3v) is 5.15. The van der Waals surface area contributed by atoms with Gasteiger partial charge in [0.1, 0.15) is 11.5 Å². The second kappa shape index (κ2) is 8.26. The van der Waals surface area contributed by atoms with Gasteiger partial charge in [-0.1, -0.05) is 30.3 Å². The Bertz CT molecular complexity index is 987. The summed E-state index contributed by atoms with van der Waals surface area (Å²) in [4.78, 5) is 14.9. The second-order valence-corrected chi connectivity index (χ2v) is 6.98. The Kier molecular flexibility index (Phi) is 5.37. The molecular weight excluding hydrogens is 368 g/mol. The van der Waals surface area contributed by atoms with E-state index in [-0.39, 0.29) is 11.9 Å². The van der Waals surface area contributed by atoms with Crippen molar-refractivity contribution in [1.82, 2.24) is 15.5 Å². The van der Waals surface area contributed by atoms with Gasteiger partial charge in [-0.2, -0.15) is 5.10 Å². The van der Waals surface area contributed by atoms with Crippen LogP contribution in [0.3, 0.4) is 0 Å². The van der Waals surface area contributed by atoms with Crippen LogP contribution in [0.4, 0.5) is 5.82 Å². The molecule has 1 aliphatic rings. The summed E-state index contributed by atoms with van der Waals surface area (Å²) in [7, 11) is 3.13.